The minimum absolute atomic E-state index is 0.820. The molecule has 2 saturated carbocycles. The molecule has 0 bridgehead atoms. The highest BCUT2D eigenvalue weighted by Crippen LogP contribution is 2.35. The first-order chi connectivity index (χ1) is 8.81. The fourth-order valence-corrected chi connectivity index (χ4v) is 2.97. The molecule has 0 spiro atoms. The summed E-state index contributed by atoms with van der Waals surface area (Å²) in [4.78, 5) is 0. The van der Waals surface area contributed by atoms with Crippen molar-refractivity contribution >= 4 is 11.6 Å². The Kier molecular flexibility index (Phi) is 3.91. The third-order valence-corrected chi connectivity index (χ3v) is 4.73. The highest BCUT2D eigenvalue weighted by atomic mass is 35.5. The zero-order chi connectivity index (χ0) is 12.4. The van der Waals surface area contributed by atoms with Crippen LogP contribution in [0, 0.1) is 11.8 Å². The summed E-state index contributed by atoms with van der Waals surface area (Å²) in [5.74, 6) is 1.77. The average molecular weight is 264 g/mol. The third kappa shape index (κ3) is 3.27. The second-order valence-electron chi connectivity index (χ2n) is 5.96. The van der Waals surface area contributed by atoms with Crippen molar-refractivity contribution in [1.82, 2.24) is 5.32 Å². The molecule has 3 rings (SSSR count). The second-order valence-corrected chi connectivity index (χ2v) is 6.40. The molecule has 18 heavy (non-hydrogen) atoms. The van der Waals surface area contributed by atoms with Gasteiger partial charge >= 0.3 is 0 Å². The summed E-state index contributed by atoms with van der Waals surface area (Å²) in [5, 5.41) is 4.55. The summed E-state index contributed by atoms with van der Waals surface area (Å²) in [5.41, 5.74) is 1.44. The molecule has 0 aliphatic heterocycles. The third-order valence-electron chi connectivity index (χ3n) is 4.47. The van der Waals surface area contributed by atoms with Crippen LogP contribution >= 0.6 is 11.6 Å². The van der Waals surface area contributed by atoms with Crippen molar-refractivity contribution in [2.75, 3.05) is 6.54 Å². The van der Waals surface area contributed by atoms with Crippen molar-refractivity contribution in [2.45, 2.75) is 44.6 Å². The molecule has 0 aromatic heterocycles. The van der Waals surface area contributed by atoms with Gasteiger partial charge in [0.1, 0.15) is 0 Å². The molecule has 0 saturated heterocycles. The van der Waals surface area contributed by atoms with E-state index < -0.39 is 0 Å². The van der Waals surface area contributed by atoms with Gasteiger partial charge in [0.15, 0.2) is 0 Å². The molecule has 1 atom stereocenters. The minimum atomic E-state index is 0.820. The molecule has 0 heterocycles. The SMILES string of the molecule is Clc1ccc(CC(CNC2CC2)C2CCC2)cc1. The Labute approximate surface area is 115 Å². The van der Waals surface area contributed by atoms with Crippen molar-refractivity contribution in [3.8, 4) is 0 Å². The van der Waals surface area contributed by atoms with Gasteiger partial charge in [0.25, 0.3) is 0 Å². The van der Waals surface area contributed by atoms with Gasteiger partial charge in [-0.1, -0.05) is 43.0 Å². The van der Waals surface area contributed by atoms with Gasteiger partial charge in [-0.3, -0.25) is 0 Å². The lowest BCUT2D eigenvalue weighted by atomic mass is 9.73. The van der Waals surface area contributed by atoms with Crippen molar-refractivity contribution in [3.05, 3.63) is 34.9 Å². The maximum Gasteiger partial charge on any atom is 0.0406 e. The van der Waals surface area contributed by atoms with Crippen LogP contribution < -0.4 is 5.32 Å². The van der Waals surface area contributed by atoms with Crippen LogP contribution in [0.2, 0.25) is 5.02 Å². The van der Waals surface area contributed by atoms with Gasteiger partial charge < -0.3 is 5.32 Å². The zero-order valence-electron chi connectivity index (χ0n) is 10.9. The van der Waals surface area contributed by atoms with E-state index >= 15 is 0 Å². The van der Waals surface area contributed by atoms with E-state index in [0.717, 1.165) is 22.9 Å². The van der Waals surface area contributed by atoms with Crippen LogP contribution in [-0.2, 0) is 6.42 Å². The van der Waals surface area contributed by atoms with E-state index in [4.69, 9.17) is 11.6 Å². The molecule has 2 aliphatic rings. The smallest absolute Gasteiger partial charge is 0.0406 e. The first-order valence-corrected chi connectivity index (χ1v) is 7.67. The molecule has 1 aromatic carbocycles. The first kappa shape index (κ1) is 12.5. The Balaban J connectivity index is 1.58. The molecular weight excluding hydrogens is 242 g/mol. The molecular formula is C16H22ClN. The zero-order valence-corrected chi connectivity index (χ0v) is 11.6. The Hall–Kier alpha value is -0.530. The molecule has 2 fully saturated rings. The van der Waals surface area contributed by atoms with Gasteiger partial charge in [0.2, 0.25) is 0 Å². The topological polar surface area (TPSA) is 12.0 Å². The van der Waals surface area contributed by atoms with Crippen molar-refractivity contribution < 1.29 is 0 Å². The highest BCUT2D eigenvalue weighted by molar-refractivity contribution is 6.30. The van der Waals surface area contributed by atoms with Gasteiger partial charge in [-0.15, -0.1) is 0 Å². The van der Waals surface area contributed by atoms with Crippen LogP contribution in [0.15, 0.2) is 24.3 Å². The van der Waals surface area contributed by atoms with Crippen molar-refractivity contribution in [2.24, 2.45) is 11.8 Å². The summed E-state index contributed by atoms with van der Waals surface area (Å²) in [7, 11) is 0. The number of rotatable bonds is 6. The number of nitrogens with one attached hydrogen (secondary N) is 1. The predicted molar refractivity (Wildman–Crippen MR) is 77.0 cm³/mol. The molecule has 1 N–H and O–H groups in total. The lowest BCUT2D eigenvalue weighted by Gasteiger charge is -2.34. The Morgan fingerprint density at radius 2 is 1.83 bits per heavy atom. The standard InChI is InChI=1S/C16H22ClN/c17-15-6-4-12(5-7-15)10-14(13-2-1-3-13)11-18-16-8-9-16/h4-7,13-14,16,18H,1-3,8-11H2. The van der Waals surface area contributed by atoms with Gasteiger partial charge in [-0.2, -0.15) is 0 Å². The second kappa shape index (κ2) is 5.63. The quantitative estimate of drug-likeness (QED) is 0.817. The molecule has 0 radical (unpaired) electrons. The molecule has 2 aliphatic carbocycles. The summed E-state index contributed by atoms with van der Waals surface area (Å²) in [6.07, 6.45) is 8.29. The van der Waals surface area contributed by atoms with E-state index in [1.54, 1.807) is 0 Å². The number of benzene rings is 1. The summed E-state index contributed by atoms with van der Waals surface area (Å²) < 4.78 is 0. The maximum atomic E-state index is 5.95. The van der Waals surface area contributed by atoms with E-state index in [2.05, 4.69) is 17.4 Å². The van der Waals surface area contributed by atoms with Crippen LogP contribution in [-0.4, -0.2) is 12.6 Å². The number of halogens is 1. The van der Waals surface area contributed by atoms with Gasteiger partial charge in [0.05, 0.1) is 0 Å². The fraction of sp³-hybridized carbons (Fsp3) is 0.625. The average Bonchev–Trinajstić information content (AvgIpc) is 3.10. The summed E-state index contributed by atoms with van der Waals surface area (Å²) in [6, 6.07) is 9.24. The van der Waals surface area contributed by atoms with Crippen LogP contribution in [0.5, 0.6) is 0 Å². The monoisotopic (exact) mass is 263 g/mol. The molecule has 1 aromatic rings. The lowest BCUT2D eigenvalue weighted by Crippen LogP contribution is -2.34. The first-order valence-electron chi connectivity index (χ1n) is 7.29. The number of hydrogen-bond donors (Lipinski definition) is 1. The van der Waals surface area contributed by atoms with Gasteiger partial charge in [-0.25, -0.2) is 0 Å². The fourth-order valence-electron chi connectivity index (χ4n) is 2.85. The molecule has 1 nitrogen and oxygen atoms in total. The highest BCUT2D eigenvalue weighted by Gasteiger charge is 2.29. The van der Waals surface area contributed by atoms with Crippen LogP contribution in [0.25, 0.3) is 0 Å². The van der Waals surface area contributed by atoms with Crippen molar-refractivity contribution in [3.63, 3.8) is 0 Å². The van der Waals surface area contributed by atoms with Crippen LogP contribution in [0.4, 0.5) is 0 Å². The molecule has 0 amide bonds. The maximum absolute atomic E-state index is 5.95. The largest absolute Gasteiger partial charge is 0.314 e. The van der Waals surface area contributed by atoms with Crippen LogP contribution in [0.1, 0.15) is 37.7 Å². The minimum Gasteiger partial charge on any atom is -0.314 e. The summed E-state index contributed by atoms with van der Waals surface area (Å²) in [6.45, 7) is 1.21. The Morgan fingerprint density at radius 1 is 1.11 bits per heavy atom. The van der Waals surface area contributed by atoms with Gasteiger partial charge in [0, 0.05) is 11.1 Å². The normalized spacial score (nSPS) is 21.6. The Bertz CT molecular complexity index is 379. The van der Waals surface area contributed by atoms with E-state index in [-0.39, 0.29) is 0 Å². The van der Waals surface area contributed by atoms with E-state index in [9.17, 15) is 0 Å². The molecule has 2 heteroatoms. The van der Waals surface area contributed by atoms with Crippen LogP contribution in [0.3, 0.4) is 0 Å². The van der Waals surface area contributed by atoms with E-state index in [1.807, 2.05) is 12.1 Å². The molecule has 98 valence electrons. The van der Waals surface area contributed by atoms with E-state index in [0.29, 0.717) is 0 Å². The summed E-state index contributed by atoms with van der Waals surface area (Å²) >= 11 is 5.95. The lowest BCUT2D eigenvalue weighted by molar-refractivity contribution is 0.199. The van der Waals surface area contributed by atoms with Gasteiger partial charge in [-0.05, 0) is 55.3 Å². The van der Waals surface area contributed by atoms with Crippen molar-refractivity contribution in [1.29, 1.82) is 0 Å². The Morgan fingerprint density at radius 3 is 2.39 bits per heavy atom. The van der Waals surface area contributed by atoms with E-state index in [1.165, 1.54) is 50.6 Å². The molecule has 1 unspecified atom stereocenters. The predicted octanol–water partition coefficient (Wildman–Crippen LogP) is 4.05. The number of hydrogen-bond acceptors (Lipinski definition) is 1.